The van der Waals surface area contributed by atoms with Crippen LogP contribution in [0.1, 0.15) is 39.0 Å². The van der Waals surface area contributed by atoms with Gasteiger partial charge in [0.25, 0.3) is 0 Å². The van der Waals surface area contributed by atoms with Gasteiger partial charge in [0, 0.05) is 19.0 Å². The highest BCUT2D eigenvalue weighted by atomic mass is 79.9. The molecule has 0 aromatic rings. The predicted molar refractivity (Wildman–Crippen MR) is 68.7 cm³/mol. The first-order valence-electron chi connectivity index (χ1n) is 6.04. The van der Waals surface area contributed by atoms with E-state index in [-0.39, 0.29) is 5.60 Å². The third-order valence-corrected chi connectivity index (χ3v) is 3.90. The van der Waals surface area contributed by atoms with E-state index >= 15 is 0 Å². The molecule has 1 heterocycles. The number of ether oxygens (including phenoxy) is 1. The third-order valence-electron chi connectivity index (χ3n) is 3.34. The Balaban J connectivity index is 2.18. The third kappa shape index (κ3) is 4.83. The molecule has 0 bridgehead atoms. The Morgan fingerprint density at radius 2 is 2.13 bits per heavy atom. The van der Waals surface area contributed by atoms with E-state index in [2.05, 4.69) is 27.8 Å². The zero-order valence-corrected chi connectivity index (χ0v) is 11.7. The van der Waals surface area contributed by atoms with E-state index in [9.17, 15) is 0 Å². The molecule has 1 fully saturated rings. The quantitative estimate of drug-likeness (QED) is 0.547. The van der Waals surface area contributed by atoms with Crippen molar-refractivity contribution in [1.29, 1.82) is 0 Å². The minimum Gasteiger partial charge on any atom is -0.377 e. The predicted octanol–water partition coefficient (Wildman–Crippen LogP) is 3.05. The van der Waals surface area contributed by atoms with Crippen LogP contribution in [0.5, 0.6) is 0 Å². The van der Waals surface area contributed by atoms with Gasteiger partial charge in [-0.3, -0.25) is 0 Å². The van der Waals surface area contributed by atoms with Gasteiger partial charge in [0.1, 0.15) is 0 Å². The molecule has 0 aromatic carbocycles. The molecule has 1 aliphatic rings. The molecule has 1 rings (SSSR count). The van der Waals surface area contributed by atoms with E-state index in [1.54, 1.807) is 0 Å². The molecule has 0 radical (unpaired) electrons. The summed E-state index contributed by atoms with van der Waals surface area (Å²) < 4.78 is 5.59. The van der Waals surface area contributed by atoms with Crippen LogP contribution in [0, 0.1) is 0 Å². The minimum absolute atomic E-state index is 0.105. The van der Waals surface area contributed by atoms with Crippen molar-refractivity contribution in [2.24, 2.45) is 0 Å². The summed E-state index contributed by atoms with van der Waals surface area (Å²) in [5, 5.41) is 1.14. The van der Waals surface area contributed by atoms with E-state index in [0.717, 1.165) is 11.9 Å². The SMILES string of the molecule is COC1(C)CCCN(CCCCCBr)C1. The summed E-state index contributed by atoms with van der Waals surface area (Å²) in [6, 6.07) is 0. The Labute approximate surface area is 102 Å². The van der Waals surface area contributed by atoms with Gasteiger partial charge in [0.05, 0.1) is 5.60 Å². The topological polar surface area (TPSA) is 12.5 Å². The van der Waals surface area contributed by atoms with Gasteiger partial charge in [0.2, 0.25) is 0 Å². The zero-order chi connectivity index (χ0) is 11.1. The summed E-state index contributed by atoms with van der Waals surface area (Å²) in [6.45, 7) is 5.84. The second kappa shape index (κ2) is 6.87. The Bertz CT molecular complexity index is 177. The van der Waals surface area contributed by atoms with E-state index < -0.39 is 0 Å². The number of hydrogen-bond acceptors (Lipinski definition) is 2. The van der Waals surface area contributed by atoms with Crippen LogP contribution < -0.4 is 0 Å². The van der Waals surface area contributed by atoms with Crippen molar-refractivity contribution in [1.82, 2.24) is 4.90 Å². The van der Waals surface area contributed by atoms with Gasteiger partial charge in [-0.15, -0.1) is 0 Å². The molecule has 0 N–H and O–H groups in total. The Morgan fingerprint density at radius 3 is 2.80 bits per heavy atom. The van der Waals surface area contributed by atoms with Gasteiger partial charge in [-0.1, -0.05) is 22.4 Å². The van der Waals surface area contributed by atoms with Crippen LogP contribution in [0.3, 0.4) is 0 Å². The van der Waals surface area contributed by atoms with Crippen LogP contribution in [0.2, 0.25) is 0 Å². The van der Waals surface area contributed by atoms with E-state index in [0.29, 0.717) is 0 Å². The first kappa shape index (κ1) is 13.5. The lowest BCUT2D eigenvalue weighted by Gasteiger charge is -2.39. The first-order valence-corrected chi connectivity index (χ1v) is 7.16. The maximum atomic E-state index is 5.59. The molecule has 90 valence electrons. The number of methoxy groups -OCH3 is 1. The number of nitrogens with zero attached hydrogens (tertiary/aromatic N) is 1. The monoisotopic (exact) mass is 277 g/mol. The highest BCUT2D eigenvalue weighted by Crippen LogP contribution is 2.23. The average Bonchev–Trinajstić information content (AvgIpc) is 2.25. The number of piperidine rings is 1. The van der Waals surface area contributed by atoms with Crippen molar-refractivity contribution >= 4 is 15.9 Å². The molecule has 1 aliphatic heterocycles. The fourth-order valence-corrected chi connectivity index (χ4v) is 2.67. The van der Waals surface area contributed by atoms with Crippen molar-refractivity contribution in [3.05, 3.63) is 0 Å². The number of unbranched alkanes of at least 4 members (excludes halogenated alkanes) is 2. The maximum Gasteiger partial charge on any atom is 0.0777 e. The number of halogens is 1. The van der Waals surface area contributed by atoms with E-state index in [1.165, 1.54) is 45.2 Å². The summed E-state index contributed by atoms with van der Waals surface area (Å²) in [4.78, 5) is 2.56. The Hall–Kier alpha value is 0.400. The van der Waals surface area contributed by atoms with Gasteiger partial charge in [-0.2, -0.15) is 0 Å². The normalized spacial score (nSPS) is 28.2. The minimum atomic E-state index is 0.105. The van der Waals surface area contributed by atoms with E-state index in [4.69, 9.17) is 4.74 Å². The fourth-order valence-electron chi connectivity index (χ4n) is 2.27. The lowest BCUT2D eigenvalue weighted by atomic mass is 9.94. The Kier molecular flexibility index (Phi) is 6.17. The van der Waals surface area contributed by atoms with Crippen molar-refractivity contribution in [3.8, 4) is 0 Å². The molecule has 15 heavy (non-hydrogen) atoms. The van der Waals surface area contributed by atoms with Crippen LogP contribution >= 0.6 is 15.9 Å². The molecule has 0 amide bonds. The second-order valence-corrected chi connectivity index (χ2v) is 5.58. The van der Waals surface area contributed by atoms with Crippen molar-refractivity contribution in [3.63, 3.8) is 0 Å². The second-order valence-electron chi connectivity index (χ2n) is 4.78. The largest absolute Gasteiger partial charge is 0.377 e. The number of alkyl halides is 1. The van der Waals surface area contributed by atoms with Gasteiger partial charge >= 0.3 is 0 Å². The van der Waals surface area contributed by atoms with Gasteiger partial charge < -0.3 is 9.64 Å². The van der Waals surface area contributed by atoms with Crippen LogP contribution in [0.25, 0.3) is 0 Å². The molecule has 1 atom stereocenters. The summed E-state index contributed by atoms with van der Waals surface area (Å²) in [7, 11) is 1.84. The van der Waals surface area contributed by atoms with Gasteiger partial charge in [-0.05, 0) is 45.7 Å². The molecule has 0 aliphatic carbocycles. The molecular weight excluding hydrogens is 254 g/mol. The summed E-state index contributed by atoms with van der Waals surface area (Å²) >= 11 is 3.47. The molecule has 0 spiro atoms. The summed E-state index contributed by atoms with van der Waals surface area (Å²) in [5.41, 5.74) is 0.105. The van der Waals surface area contributed by atoms with Crippen molar-refractivity contribution < 1.29 is 4.74 Å². The lowest BCUT2D eigenvalue weighted by Crippen LogP contribution is -2.47. The lowest BCUT2D eigenvalue weighted by molar-refractivity contribution is -0.0508. The number of rotatable bonds is 6. The van der Waals surface area contributed by atoms with Gasteiger partial charge in [0.15, 0.2) is 0 Å². The van der Waals surface area contributed by atoms with Crippen molar-refractivity contribution in [2.75, 3.05) is 32.1 Å². The van der Waals surface area contributed by atoms with Crippen molar-refractivity contribution in [2.45, 2.75) is 44.6 Å². The highest BCUT2D eigenvalue weighted by molar-refractivity contribution is 9.09. The number of likely N-dealkylation sites (tertiary alicyclic amines) is 1. The first-order chi connectivity index (χ1) is 7.20. The molecule has 2 nitrogen and oxygen atoms in total. The smallest absolute Gasteiger partial charge is 0.0777 e. The van der Waals surface area contributed by atoms with Gasteiger partial charge in [-0.25, -0.2) is 0 Å². The zero-order valence-electron chi connectivity index (χ0n) is 10.1. The molecule has 3 heteroatoms. The van der Waals surface area contributed by atoms with Crippen LogP contribution in [-0.4, -0.2) is 42.6 Å². The number of hydrogen-bond donors (Lipinski definition) is 0. The summed E-state index contributed by atoms with van der Waals surface area (Å²) in [5.74, 6) is 0. The highest BCUT2D eigenvalue weighted by Gasteiger charge is 2.30. The fraction of sp³-hybridized carbons (Fsp3) is 1.00. The molecule has 0 saturated carbocycles. The van der Waals surface area contributed by atoms with E-state index in [1.807, 2.05) is 7.11 Å². The molecular formula is C12H24BrNO. The average molecular weight is 278 g/mol. The molecule has 1 unspecified atom stereocenters. The Morgan fingerprint density at radius 1 is 1.33 bits per heavy atom. The van der Waals surface area contributed by atoms with Crippen LogP contribution in [-0.2, 0) is 4.74 Å². The standard InChI is InChI=1S/C12H24BrNO/c1-12(15-2)7-6-10-14(11-12)9-5-3-4-8-13/h3-11H2,1-2H3. The molecule has 1 saturated heterocycles. The molecule has 0 aromatic heterocycles. The van der Waals surface area contributed by atoms with Crippen LogP contribution in [0.4, 0.5) is 0 Å². The summed E-state index contributed by atoms with van der Waals surface area (Å²) in [6.07, 6.45) is 6.45. The maximum absolute atomic E-state index is 5.59. The van der Waals surface area contributed by atoms with Crippen LogP contribution in [0.15, 0.2) is 0 Å².